The van der Waals surface area contributed by atoms with E-state index < -0.39 is 11.6 Å². The number of benzene rings is 1. The van der Waals surface area contributed by atoms with Crippen LogP contribution in [0.25, 0.3) is 43.9 Å². The number of thiophene rings is 1. The Labute approximate surface area is 266 Å². The zero-order valence-corrected chi connectivity index (χ0v) is 25.8. The van der Waals surface area contributed by atoms with E-state index in [-0.39, 0.29) is 42.4 Å². The summed E-state index contributed by atoms with van der Waals surface area (Å²) in [5.41, 5.74) is 4.35. The molecule has 2 amide bonds. The molecule has 13 heteroatoms. The number of fused-ring (bicyclic) bond motifs is 3. The smallest absolute Gasteiger partial charge is 0.270 e. The summed E-state index contributed by atoms with van der Waals surface area (Å²) in [6.07, 6.45) is 2.89. The van der Waals surface area contributed by atoms with Gasteiger partial charge in [0, 0.05) is 65.3 Å². The highest BCUT2D eigenvalue weighted by atomic mass is 32.1. The maximum Gasteiger partial charge on any atom is 0.270 e. The van der Waals surface area contributed by atoms with E-state index in [0.29, 0.717) is 58.2 Å². The van der Waals surface area contributed by atoms with E-state index >= 15 is 4.39 Å². The van der Waals surface area contributed by atoms with Crippen molar-refractivity contribution in [1.29, 1.82) is 0 Å². The summed E-state index contributed by atoms with van der Waals surface area (Å²) in [5.74, 6) is -2.02. The Bertz CT molecular complexity index is 2060. The largest absolute Gasteiger partial charge is 0.490 e. The van der Waals surface area contributed by atoms with E-state index in [4.69, 9.17) is 19.6 Å². The van der Waals surface area contributed by atoms with Crippen LogP contribution in [0.4, 0.5) is 8.78 Å². The van der Waals surface area contributed by atoms with E-state index in [1.165, 1.54) is 24.5 Å². The number of halogens is 2. The zero-order valence-electron chi connectivity index (χ0n) is 25.0. The van der Waals surface area contributed by atoms with Crippen molar-refractivity contribution in [3.63, 3.8) is 0 Å². The van der Waals surface area contributed by atoms with Crippen molar-refractivity contribution in [2.45, 2.75) is 26.1 Å². The topological polar surface area (TPSA) is 111 Å². The molecule has 2 aliphatic heterocycles. The van der Waals surface area contributed by atoms with Crippen LogP contribution in [0.15, 0.2) is 54.6 Å². The molecule has 2 aliphatic rings. The average molecular weight is 643 g/mol. The maximum absolute atomic E-state index is 16.0. The Kier molecular flexibility index (Phi) is 7.57. The second-order valence-corrected chi connectivity index (χ2v) is 11.9. The van der Waals surface area contributed by atoms with Gasteiger partial charge in [-0.2, -0.15) is 5.10 Å². The van der Waals surface area contributed by atoms with Crippen LogP contribution in [0.5, 0.6) is 5.75 Å². The van der Waals surface area contributed by atoms with Crippen molar-refractivity contribution in [3.8, 4) is 39.5 Å². The lowest BCUT2D eigenvalue weighted by atomic mass is 9.96. The van der Waals surface area contributed by atoms with Crippen LogP contribution in [-0.2, 0) is 22.6 Å². The molecule has 0 saturated carbocycles. The molecule has 4 aromatic heterocycles. The lowest BCUT2D eigenvalue weighted by molar-refractivity contribution is -0.129. The van der Waals surface area contributed by atoms with Crippen LogP contribution in [0, 0.1) is 11.6 Å². The third-order valence-corrected chi connectivity index (χ3v) is 9.21. The monoisotopic (exact) mass is 642 g/mol. The summed E-state index contributed by atoms with van der Waals surface area (Å²) >= 11 is 1.38. The Morgan fingerprint density at radius 1 is 1.15 bits per heavy atom. The molecule has 0 fully saturated rings. The standard InChI is InChI=1S/C33H28F2N6O4S/c1-4-26(42)40-6-7-41-24(17(40)2)14-23(39-41)31-28(27-22(35)12-20(34)13-25(27)45-9-8-44-3)32-21(5-10-46-32)29(38-31)18-11-19-16-37-33(43)30(19)36-15-18/h4-5,10-15,17H,1,6-9,16H2,2-3H3,(H,37,43)/t17-/m1/s1. The van der Waals surface area contributed by atoms with Crippen LogP contribution < -0.4 is 10.1 Å². The van der Waals surface area contributed by atoms with Gasteiger partial charge in [-0.3, -0.25) is 19.3 Å². The predicted octanol–water partition coefficient (Wildman–Crippen LogP) is 5.52. The van der Waals surface area contributed by atoms with Gasteiger partial charge in [-0.25, -0.2) is 13.8 Å². The number of amides is 2. The molecule has 7 rings (SSSR count). The molecule has 1 aromatic carbocycles. The highest BCUT2D eigenvalue weighted by Crippen LogP contribution is 2.47. The summed E-state index contributed by atoms with van der Waals surface area (Å²) in [5, 5.41) is 10.3. The van der Waals surface area contributed by atoms with E-state index in [1.54, 1.807) is 11.1 Å². The van der Waals surface area contributed by atoms with E-state index in [0.717, 1.165) is 28.8 Å². The first-order chi connectivity index (χ1) is 22.3. The van der Waals surface area contributed by atoms with E-state index in [9.17, 15) is 14.0 Å². The average Bonchev–Trinajstić information content (AvgIpc) is 3.79. The lowest BCUT2D eigenvalue weighted by Gasteiger charge is -2.33. The molecule has 0 aliphatic carbocycles. The number of pyridine rings is 2. The normalized spacial score (nSPS) is 15.5. The minimum absolute atomic E-state index is 0.00364. The summed E-state index contributed by atoms with van der Waals surface area (Å²) in [4.78, 5) is 36.0. The van der Waals surface area contributed by atoms with Crippen molar-refractivity contribution in [1.82, 2.24) is 30.0 Å². The molecule has 0 spiro atoms. The Morgan fingerprint density at radius 3 is 2.80 bits per heavy atom. The molecule has 0 radical (unpaired) electrons. The lowest BCUT2D eigenvalue weighted by Crippen LogP contribution is -2.40. The van der Waals surface area contributed by atoms with Crippen LogP contribution in [0.1, 0.15) is 34.7 Å². The number of hydrogen-bond acceptors (Lipinski definition) is 8. The predicted molar refractivity (Wildman–Crippen MR) is 168 cm³/mol. The number of methoxy groups -OCH3 is 1. The van der Waals surface area contributed by atoms with Gasteiger partial charge in [-0.15, -0.1) is 11.3 Å². The molecular formula is C33H28F2N6O4S. The second-order valence-electron chi connectivity index (χ2n) is 11.0. The summed E-state index contributed by atoms with van der Waals surface area (Å²) < 4.78 is 44.1. The number of aromatic nitrogens is 4. The van der Waals surface area contributed by atoms with Gasteiger partial charge in [0.05, 0.1) is 36.1 Å². The number of nitrogens with zero attached hydrogens (tertiary/aromatic N) is 5. The second kappa shape index (κ2) is 11.7. The third-order valence-electron chi connectivity index (χ3n) is 8.28. The molecule has 5 aromatic rings. The fourth-order valence-electron chi connectivity index (χ4n) is 6.08. The van der Waals surface area contributed by atoms with Crippen LogP contribution in [-0.4, -0.2) is 63.3 Å². The van der Waals surface area contributed by atoms with E-state index in [2.05, 4.69) is 16.9 Å². The number of ether oxygens (including phenoxy) is 2. The SMILES string of the molecule is C=CC(=O)N1CCn2nc(-c3nc(-c4cnc5c(c4)CNC5=O)c4ccsc4c3-c3c(F)cc(F)cc3OCCOC)cc2[C@H]1C. The molecule has 46 heavy (non-hydrogen) atoms. The molecule has 1 N–H and O–H groups in total. The van der Waals surface area contributed by atoms with Gasteiger partial charge in [-0.05, 0) is 36.6 Å². The Balaban J connectivity index is 1.49. The molecule has 0 bridgehead atoms. The Hall–Kier alpha value is -5.01. The first-order valence-electron chi connectivity index (χ1n) is 14.6. The first-order valence-corrected chi connectivity index (χ1v) is 15.5. The molecular weight excluding hydrogens is 614 g/mol. The van der Waals surface area contributed by atoms with Crippen molar-refractivity contribution >= 4 is 33.2 Å². The molecule has 6 heterocycles. The van der Waals surface area contributed by atoms with Crippen molar-refractivity contribution < 1.29 is 27.8 Å². The van der Waals surface area contributed by atoms with Gasteiger partial charge in [-0.1, -0.05) is 6.58 Å². The maximum atomic E-state index is 16.0. The van der Waals surface area contributed by atoms with Crippen LogP contribution in [0.2, 0.25) is 0 Å². The fraction of sp³-hybridized carbons (Fsp3) is 0.242. The quantitative estimate of drug-likeness (QED) is 0.175. The summed E-state index contributed by atoms with van der Waals surface area (Å²) in [6.45, 7) is 7.04. The number of rotatable bonds is 8. The molecule has 10 nitrogen and oxygen atoms in total. The molecule has 0 saturated heterocycles. The number of nitrogens with one attached hydrogen (secondary N) is 1. The van der Waals surface area contributed by atoms with Crippen LogP contribution in [0.3, 0.4) is 0 Å². The van der Waals surface area contributed by atoms with Gasteiger partial charge in [0.15, 0.2) is 0 Å². The fourth-order valence-corrected chi connectivity index (χ4v) is 7.03. The number of carbonyl (C=O) groups is 2. The minimum atomic E-state index is -0.818. The number of carbonyl (C=O) groups excluding carboxylic acids is 2. The zero-order chi connectivity index (χ0) is 32.1. The van der Waals surface area contributed by atoms with Gasteiger partial charge in [0.25, 0.3) is 5.91 Å². The highest BCUT2D eigenvalue weighted by Gasteiger charge is 2.32. The van der Waals surface area contributed by atoms with Gasteiger partial charge in [0.2, 0.25) is 5.91 Å². The van der Waals surface area contributed by atoms with Crippen LogP contribution >= 0.6 is 11.3 Å². The molecule has 1 atom stereocenters. The molecule has 0 unspecified atom stereocenters. The van der Waals surface area contributed by atoms with Crippen molar-refractivity contribution in [2.24, 2.45) is 0 Å². The summed E-state index contributed by atoms with van der Waals surface area (Å²) in [7, 11) is 1.51. The van der Waals surface area contributed by atoms with Crippen molar-refractivity contribution in [3.05, 3.63) is 83.1 Å². The summed E-state index contributed by atoms with van der Waals surface area (Å²) in [6, 6.07) is 7.27. The molecule has 234 valence electrons. The third kappa shape index (κ3) is 4.92. The first kappa shape index (κ1) is 29.7. The highest BCUT2D eigenvalue weighted by molar-refractivity contribution is 7.18. The Morgan fingerprint density at radius 2 is 2.00 bits per heavy atom. The minimum Gasteiger partial charge on any atom is -0.490 e. The van der Waals surface area contributed by atoms with Gasteiger partial charge >= 0.3 is 0 Å². The van der Waals surface area contributed by atoms with E-state index in [1.807, 2.05) is 35.2 Å². The van der Waals surface area contributed by atoms with Gasteiger partial charge < -0.3 is 19.7 Å². The van der Waals surface area contributed by atoms with Gasteiger partial charge in [0.1, 0.15) is 41.1 Å². The number of hydrogen-bond donors (Lipinski definition) is 1. The van der Waals surface area contributed by atoms with Crippen molar-refractivity contribution in [2.75, 3.05) is 26.9 Å².